The number of halogens is 3. The van der Waals surface area contributed by atoms with Crippen LogP contribution in [0.25, 0.3) is 0 Å². The van der Waals surface area contributed by atoms with Crippen molar-refractivity contribution in [3.8, 4) is 5.75 Å². The lowest BCUT2D eigenvalue weighted by atomic mass is 10.0. The fourth-order valence-corrected chi connectivity index (χ4v) is 1.94. The standard InChI is InChI=1S/C16H13F3O2/c1-21-14-7-3-5-12(10-14)15(20)9-11-4-2-6-13(8-11)16(17,18)19/h2-8,10H,9H2,1H3. The third kappa shape index (κ3) is 3.84. The Morgan fingerprint density at radius 2 is 1.81 bits per heavy atom. The zero-order valence-corrected chi connectivity index (χ0v) is 11.3. The molecule has 0 saturated heterocycles. The van der Waals surface area contributed by atoms with Crippen LogP contribution in [0, 0.1) is 0 Å². The molecule has 0 aliphatic carbocycles. The number of rotatable bonds is 4. The average Bonchev–Trinajstić information content (AvgIpc) is 2.46. The van der Waals surface area contributed by atoms with E-state index in [1.54, 1.807) is 24.3 Å². The molecule has 0 spiro atoms. The van der Waals surface area contributed by atoms with Crippen LogP contribution in [-0.2, 0) is 12.6 Å². The van der Waals surface area contributed by atoms with Crippen molar-refractivity contribution in [3.63, 3.8) is 0 Å². The van der Waals surface area contributed by atoms with E-state index in [0.29, 0.717) is 16.9 Å². The summed E-state index contributed by atoms with van der Waals surface area (Å²) in [5, 5.41) is 0. The van der Waals surface area contributed by atoms with Gasteiger partial charge in [-0.05, 0) is 23.8 Å². The van der Waals surface area contributed by atoms with E-state index in [4.69, 9.17) is 4.74 Å². The number of hydrogen-bond acceptors (Lipinski definition) is 2. The molecule has 2 nitrogen and oxygen atoms in total. The van der Waals surface area contributed by atoms with Crippen LogP contribution >= 0.6 is 0 Å². The molecular weight excluding hydrogens is 281 g/mol. The first-order valence-electron chi connectivity index (χ1n) is 6.23. The summed E-state index contributed by atoms with van der Waals surface area (Å²) in [6.07, 6.45) is -4.49. The number of methoxy groups -OCH3 is 1. The van der Waals surface area contributed by atoms with Gasteiger partial charge >= 0.3 is 6.18 Å². The molecule has 110 valence electrons. The van der Waals surface area contributed by atoms with E-state index < -0.39 is 11.7 Å². The number of carbonyl (C=O) groups excluding carboxylic acids is 1. The zero-order chi connectivity index (χ0) is 15.5. The topological polar surface area (TPSA) is 26.3 Å². The lowest BCUT2D eigenvalue weighted by Crippen LogP contribution is -2.08. The summed E-state index contributed by atoms with van der Waals surface area (Å²) < 4.78 is 42.9. The van der Waals surface area contributed by atoms with Gasteiger partial charge in [-0.25, -0.2) is 0 Å². The Labute approximate surface area is 120 Å². The van der Waals surface area contributed by atoms with Crippen LogP contribution in [0.1, 0.15) is 21.5 Å². The van der Waals surface area contributed by atoms with E-state index in [-0.39, 0.29) is 12.2 Å². The molecule has 0 N–H and O–H groups in total. The van der Waals surface area contributed by atoms with Crippen LogP contribution in [0.2, 0.25) is 0 Å². The molecule has 0 aliphatic rings. The molecule has 2 rings (SSSR count). The molecule has 0 saturated carbocycles. The zero-order valence-electron chi connectivity index (χ0n) is 11.3. The summed E-state index contributed by atoms with van der Waals surface area (Å²) in [5.74, 6) is 0.276. The van der Waals surface area contributed by atoms with E-state index >= 15 is 0 Å². The molecule has 5 heteroatoms. The van der Waals surface area contributed by atoms with Gasteiger partial charge in [-0.1, -0.05) is 30.3 Å². The number of ether oxygens (including phenoxy) is 1. The fraction of sp³-hybridized carbons (Fsp3) is 0.188. The predicted molar refractivity (Wildman–Crippen MR) is 72.5 cm³/mol. The molecule has 0 aromatic heterocycles. The quantitative estimate of drug-likeness (QED) is 0.792. The van der Waals surface area contributed by atoms with Crippen LogP contribution < -0.4 is 4.74 Å². The van der Waals surface area contributed by atoms with Crippen molar-refractivity contribution in [2.24, 2.45) is 0 Å². The van der Waals surface area contributed by atoms with Gasteiger partial charge in [-0.2, -0.15) is 13.2 Å². The molecule has 0 fully saturated rings. The van der Waals surface area contributed by atoms with E-state index in [9.17, 15) is 18.0 Å². The van der Waals surface area contributed by atoms with Gasteiger partial charge in [-0.3, -0.25) is 4.79 Å². The number of benzene rings is 2. The maximum absolute atomic E-state index is 12.6. The summed E-state index contributed by atoms with van der Waals surface area (Å²) in [6, 6.07) is 11.3. The molecule has 0 radical (unpaired) electrons. The smallest absolute Gasteiger partial charge is 0.416 e. The highest BCUT2D eigenvalue weighted by molar-refractivity contribution is 5.97. The number of alkyl halides is 3. The largest absolute Gasteiger partial charge is 0.497 e. The average molecular weight is 294 g/mol. The van der Waals surface area contributed by atoms with Gasteiger partial charge in [0.25, 0.3) is 0 Å². The van der Waals surface area contributed by atoms with Crippen molar-refractivity contribution >= 4 is 5.78 Å². The van der Waals surface area contributed by atoms with Crippen molar-refractivity contribution in [3.05, 3.63) is 65.2 Å². The van der Waals surface area contributed by atoms with Gasteiger partial charge in [0.15, 0.2) is 5.78 Å². The van der Waals surface area contributed by atoms with Crippen molar-refractivity contribution in [1.82, 2.24) is 0 Å². The third-order valence-electron chi connectivity index (χ3n) is 3.01. The van der Waals surface area contributed by atoms with E-state index in [0.717, 1.165) is 12.1 Å². The van der Waals surface area contributed by atoms with E-state index in [1.807, 2.05) is 0 Å². The second-order valence-corrected chi connectivity index (χ2v) is 4.53. The first-order valence-corrected chi connectivity index (χ1v) is 6.23. The van der Waals surface area contributed by atoms with Crippen LogP contribution in [0.3, 0.4) is 0 Å². The number of Topliss-reactive ketones (excluding diaryl/α,β-unsaturated/α-hetero) is 1. The minimum absolute atomic E-state index is 0.0862. The van der Waals surface area contributed by atoms with Crippen molar-refractivity contribution in [2.75, 3.05) is 7.11 Å². The first-order chi connectivity index (χ1) is 9.90. The highest BCUT2D eigenvalue weighted by atomic mass is 19.4. The second-order valence-electron chi connectivity index (χ2n) is 4.53. The third-order valence-corrected chi connectivity index (χ3v) is 3.01. The summed E-state index contributed by atoms with van der Waals surface area (Å²) >= 11 is 0. The maximum atomic E-state index is 12.6. The van der Waals surface area contributed by atoms with Crippen molar-refractivity contribution in [1.29, 1.82) is 0 Å². The minimum Gasteiger partial charge on any atom is -0.497 e. The SMILES string of the molecule is COc1cccc(C(=O)Cc2cccc(C(F)(F)F)c2)c1. The normalized spacial score (nSPS) is 11.2. The van der Waals surface area contributed by atoms with Crippen LogP contribution in [0.5, 0.6) is 5.75 Å². The Bertz CT molecular complexity index is 648. The highest BCUT2D eigenvalue weighted by Crippen LogP contribution is 2.29. The molecule has 2 aromatic carbocycles. The molecule has 21 heavy (non-hydrogen) atoms. The van der Waals surface area contributed by atoms with Gasteiger partial charge in [-0.15, -0.1) is 0 Å². The number of hydrogen-bond donors (Lipinski definition) is 0. The molecule has 0 unspecified atom stereocenters. The minimum atomic E-state index is -4.41. The Hall–Kier alpha value is -2.30. The van der Waals surface area contributed by atoms with Gasteiger partial charge in [0.2, 0.25) is 0 Å². The summed E-state index contributed by atoms with van der Waals surface area (Å²) in [5.41, 5.74) is -0.0113. The molecule has 0 heterocycles. The van der Waals surface area contributed by atoms with Crippen LogP contribution in [-0.4, -0.2) is 12.9 Å². The summed E-state index contributed by atoms with van der Waals surface area (Å²) in [7, 11) is 1.48. The van der Waals surface area contributed by atoms with Gasteiger partial charge in [0, 0.05) is 12.0 Å². The van der Waals surface area contributed by atoms with E-state index in [1.165, 1.54) is 19.2 Å². The van der Waals surface area contributed by atoms with Crippen LogP contribution in [0.15, 0.2) is 48.5 Å². The number of carbonyl (C=O) groups is 1. The molecule has 0 atom stereocenters. The lowest BCUT2D eigenvalue weighted by molar-refractivity contribution is -0.137. The predicted octanol–water partition coefficient (Wildman–Crippen LogP) is 4.14. The monoisotopic (exact) mass is 294 g/mol. The first kappa shape index (κ1) is 15.1. The highest BCUT2D eigenvalue weighted by Gasteiger charge is 2.30. The molecule has 0 aliphatic heterocycles. The second kappa shape index (κ2) is 5.99. The van der Waals surface area contributed by atoms with Crippen molar-refractivity contribution < 1.29 is 22.7 Å². The lowest BCUT2D eigenvalue weighted by Gasteiger charge is -2.08. The van der Waals surface area contributed by atoms with Gasteiger partial charge < -0.3 is 4.74 Å². The molecule has 2 aromatic rings. The Morgan fingerprint density at radius 1 is 1.10 bits per heavy atom. The Morgan fingerprint density at radius 3 is 2.48 bits per heavy atom. The Balaban J connectivity index is 2.19. The van der Waals surface area contributed by atoms with Gasteiger partial charge in [0.1, 0.15) is 5.75 Å². The maximum Gasteiger partial charge on any atom is 0.416 e. The fourth-order valence-electron chi connectivity index (χ4n) is 1.94. The van der Waals surface area contributed by atoms with Gasteiger partial charge in [0.05, 0.1) is 12.7 Å². The van der Waals surface area contributed by atoms with E-state index in [2.05, 4.69) is 0 Å². The molecule has 0 bridgehead atoms. The molecular formula is C16H13F3O2. The summed E-state index contributed by atoms with van der Waals surface area (Å²) in [4.78, 5) is 12.1. The molecule has 0 amide bonds. The van der Waals surface area contributed by atoms with Crippen molar-refractivity contribution in [2.45, 2.75) is 12.6 Å². The van der Waals surface area contributed by atoms with Crippen LogP contribution in [0.4, 0.5) is 13.2 Å². The summed E-state index contributed by atoms with van der Waals surface area (Å²) in [6.45, 7) is 0. The Kier molecular flexibility index (Phi) is 4.31. The number of ketones is 1.